The predicted octanol–water partition coefficient (Wildman–Crippen LogP) is 1.63. The van der Waals surface area contributed by atoms with Crippen LogP contribution in [-0.2, 0) is 4.74 Å². The Morgan fingerprint density at radius 1 is 1.44 bits per heavy atom. The van der Waals surface area contributed by atoms with E-state index in [-0.39, 0.29) is 0 Å². The molecule has 2 rings (SSSR count). The van der Waals surface area contributed by atoms with Crippen LogP contribution in [0, 0.1) is 0 Å². The van der Waals surface area contributed by atoms with Crippen LogP contribution in [0.25, 0.3) is 0 Å². The van der Waals surface area contributed by atoms with Gasteiger partial charge in [0, 0.05) is 25.2 Å². The van der Waals surface area contributed by atoms with Gasteiger partial charge in [0.1, 0.15) is 0 Å². The van der Waals surface area contributed by atoms with Crippen molar-refractivity contribution in [1.29, 1.82) is 0 Å². The quantitative estimate of drug-likeness (QED) is 0.788. The molecule has 0 spiro atoms. The predicted molar refractivity (Wildman–Crippen MR) is 66.7 cm³/mol. The lowest BCUT2D eigenvalue weighted by molar-refractivity contribution is -0.000130. The highest BCUT2D eigenvalue weighted by atomic mass is 16.5. The summed E-state index contributed by atoms with van der Waals surface area (Å²) in [6.07, 6.45) is 5.67. The van der Waals surface area contributed by atoms with Crippen molar-refractivity contribution in [2.24, 2.45) is 0 Å². The van der Waals surface area contributed by atoms with Crippen molar-refractivity contribution in [2.45, 2.75) is 51.2 Å². The Balaban J connectivity index is 1.80. The molecule has 3 nitrogen and oxygen atoms in total. The lowest BCUT2D eigenvalue weighted by Gasteiger charge is -2.37. The molecule has 0 radical (unpaired) electrons. The molecule has 2 aliphatic rings. The smallest absolute Gasteiger partial charge is 0.0702 e. The standard InChI is InChI=1S/C13H26N2O/c1-3-16-12-6-4-9-15(10-12)11-13(2)7-5-8-14-13/h12,14H,3-11H2,1-2H3. The fourth-order valence-corrected chi connectivity index (χ4v) is 3.11. The van der Waals surface area contributed by atoms with Gasteiger partial charge < -0.3 is 10.1 Å². The van der Waals surface area contributed by atoms with Crippen LogP contribution in [0.1, 0.15) is 39.5 Å². The van der Waals surface area contributed by atoms with Gasteiger partial charge in [0.2, 0.25) is 0 Å². The van der Waals surface area contributed by atoms with E-state index in [0.29, 0.717) is 11.6 Å². The van der Waals surface area contributed by atoms with E-state index in [1.165, 1.54) is 45.3 Å². The minimum Gasteiger partial charge on any atom is -0.377 e. The number of nitrogens with zero attached hydrogens (tertiary/aromatic N) is 1. The zero-order valence-electron chi connectivity index (χ0n) is 10.8. The highest BCUT2D eigenvalue weighted by molar-refractivity contribution is 4.92. The molecule has 2 saturated heterocycles. The molecule has 0 aromatic carbocycles. The zero-order valence-corrected chi connectivity index (χ0v) is 10.8. The summed E-state index contributed by atoms with van der Waals surface area (Å²) in [6.45, 7) is 10.1. The highest BCUT2D eigenvalue weighted by Crippen LogP contribution is 2.22. The molecule has 0 saturated carbocycles. The second-order valence-electron chi connectivity index (χ2n) is 5.55. The summed E-state index contributed by atoms with van der Waals surface area (Å²) in [4.78, 5) is 2.59. The third kappa shape index (κ3) is 3.19. The molecule has 2 heterocycles. The van der Waals surface area contributed by atoms with Gasteiger partial charge in [0.25, 0.3) is 0 Å². The monoisotopic (exact) mass is 226 g/mol. The van der Waals surface area contributed by atoms with Gasteiger partial charge in [-0.25, -0.2) is 0 Å². The number of likely N-dealkylation sites (tertiary alicyclic amines) is 1. The SMILES string of the molecule is CCOC1CCCN(CC2(C)CCCN2)C1. The fourth-order valence-electron chi connectivity index (χ4n) is 3.11. The Hall–Kier alpha value is -0.120. The van der Waals surface area contributed by atoms with Crippen molar-refractivity contribution < 1.29 is 4.74 Å². The molecule has 2 atom stereocenters. The molecule has 0 aromatic rings. The van der Waals surface area contributed by atoms with Gasteiger partial charge in [0.05, 0.1) is 6.10 Å². The maximum atomic E-state index is 5.75. The average Bonchev–Trinajstić information content (AvgIpc) is 2.66. The van der Waals surface area contributed by atoms with E-state index in [2.05, 4.69) is 24.1 Å². The molecule has 2 fully saturated rings. The second kappa shape index (κ2) is 5.48. The molecular formula is C13H26N2O. The van der Waals surface area contributed by atoms with Crippen molar-refractivity contribution in [3.05, 3.63) is 0 Å². The summed E-state index contributed by atoms with van der Waals surface area (Å²) in [5.41, 5.74) is 0.355. The van der Waals surface area contributed by atoms with Gasteiger partial charge in [-0.15, -0.1) is 0 Å². The van der Waals surface area contributed by atoms with Crippen molar-refractivity contribution >= 4 is 0 Å². The topological polar surface area (TPSA) is 24.5 Å². The largest absolute Gasteiger partial charge is 0.377 e. The van der Waals surface area contributed by atoms with Gasteiger partial charge >= 0.3 is 0 Å². The summed E-state index contributed by atoms with van der Waals surface area (Å²) in [7, 11) is 0. The lowest BCUT2D eigenvalue weighted by atomic mass is 9.97. The molecule has 2 aliphatic heterocycles. The molecule has 16 heavy (non-hydrogen) atoms. The summed E-state index contributed by atoms with van der Waals surface area (Å²) in [5.74, 6) is 0. The van der Waals surface area contributed by atoms with Crippen LogP contribution >= 0.6 is 0 Å². The van der Waals surface area contributed by atoms with Crippen LogP contribution in [0.2, 0.25) is 0 Å². The van der Waals surface area contributed by atoms with Gasteiger partial charge in [-0.05, 0) is 52.6 Å². The Kier molecular flexibility index (Phi) is 4.22. The molecule has 0 amide bonds. The van der Waals surface area contributed by atoms with E-state index in [0.717, 1.165) is 13.2 Å². The van der Waals surface area contributed by atoms with Crippen LogP contribution in [0.15, 0.2) is 0 Å². The van der Waals surface area contributed by atoms with E-state index in [4.69, 9.17) is 4.74 Å². The summed E-state index contributed by atoms with van der Waals surface area (Å²) in [5, 5.41) is 3.64. The van der Waals surface area contributed by atoms with Crippen molar-refractivity contribution in [2.75, 3.05) is 32.8 Å². The second-order valence-corrected chi connectivity index (χ2v) is 5.55. The molecule has 3 heteroatoms. The molecule has 2 unspecified atom stereocenters. The Morgan fingerprint density at radius 2 is 2.31 bits per heavy atom. The molecule has 94 valence electrons. The number of hydrogen-bond donors (Lipinski definition) is 1. The first-order valence-electron chi connectivity index (χ1n) is 6.81. The Labute approximate surface area is 99.5 Å². The lowest BCUT2D eigenvalue weighted by Crippen LogP contribution is -2.51. The van der Waals surface area contributed by atoms with Crippen molar-refractivity contribution in [3.63, 3.8) is 0 Å². The molecule has 0 bridgehead atoms. The van der Waals surface area contributed by atoms with Gasteiger partial charge in [0.15, 0.2) is 0 Å². The highest BCUT2D eigenvalue weighted by Gasteiger charge is 2.32. The Bertz CT molecular complexity index is 212. The van der Waals surface area contributed by atoms with Gasteiger partial charge in [-0.3, -0.25) is 4.90 Å². The molecule has 0 aliphatic carbocycles. The number of piperidine rings is 1. The van der Waals surface area contributed by atoms with Gasteiger partial charge in [-0.1, -0.05) is 0 Å². The van der Waals surface area contributed by atoms with Crippen LogP contribution in [0.3, 0.4) is 0 Å². The first-order valence-corrected chi connectivity index (χ1v) is 6.81. The van der Waals surface area contributed by atoms with Crippen molar-refractivity contribution in [1.82, 2.24) is 10.2 Å². The molecular weight excluding hydrogens is 200 g/mol. The number of ether oxygens (including phenoxy) is 1. The minimum absolute atomic E-state index is 0.355. The van der Waals surface area contributed by atoms with E-state index in [1.54, 1.807) is 0 Å². The summed E-state index contributed by atoms with van der Waals surface area (Å²) >= 11 is 0. The van der Waals surface area contributed by atoms with E-state index < -0.39 is 0 Å². The zero-order chi connectivity index (χ0) is 11.4. The van der Waals surface area contributed by atoms with E-state index >= 15 is 0 Å². The van der Waals surface area contributed by atoms with E-state index in [9.17, 15) is 0 Å². The van der Waals surface area contributed by atoms with Gasteiger partial charge in [-0.2, -0.15) is 0 Å². The number of rotatable bonds is 4. The van der Waals surface area contributed by atoms with E-state index in [1.807, 2.05) is 0 Å². The minimum atomic E-state index is 0.355. The normalized spacial score (nSPS) is 36.8. The third-order valence-electron chi connectivity index (χ3n) is 3.89. The van der Waals surface area contributed by atoms with Crippen LogP contribution in [-0.4, -0.2) is 49.3 Å². The summed E-state index contributed by atoms with van der Waals surface area (Å²) < 4.78 is 5.75. The van der Waals surface area contributed by atoms with Crippen LogP contribution in [0.4, 0.5) is 0 Å². The van der Waals surface area contributed by atoms with Crippen molar-refractivity contribution in [3.8, 4) is 0 Å². The number of nitrogens with one attached hydrogen (secondary N) is 1. The maximum Gasteiger partial charge on any atom is 0.0702 e. The first-order chi connectivity index (χ1) is 7.72. The van der Waals surface area contributed by atoms with Crippen LogP contribution in [0.5, 0.6) is 0 Å². The molecule has 0 aromatic heterocycles. The number of hydrogen-bond acceptors (Lipinski definition) is 3. The average molecular weight is 226 g/mol. The maximum absolute atomic E-state index is 5.75. The Morgan fingerprint density at radius 3 is 3.00 bits per heavy atom. The fraction of sp³-hybridized carbons (Fsp3) is 1.00. The van der Waals surface area contributed by atoms with Crippen LogP contribution < -0.4 is 5.32 Å². The first kappa shape index (κ1) is 12.3. The summed E-state index contributed by atoms with van der Waals surface area (Å²) in [6, 6.07) is 0. The molecule has 1 N–H and O–H groups in total. The third-order valence-corrected chi connectivity index (χ3v) is 3.89.